The van der Waals surface area contributed by atoms with E-state index in [1.807, 2.05) is 0 Å². The summed E-state index contributed by atoms with van der Waals surface area (Å²) in [4.78, 5) is 0. The lowest BCUT2D eigenvalue weighted by molar-refractivity contribution is 0.445. The maximum Gasteiger partial charge on any atom is 0.252 e. The summed E-state index contributed by atoms with van der Waals surface area (Å²) >= 11 is 8.64. The van der Waals surface area contributed by atoms with E-state index in [0.29, 0.717) is 21.6 Å². The van der Waals surface area contributed by atoms with Crippen molar-refractivity contribution in [3.05, 3.63) is 16.5 Å². The Morgan fingerprint density at radius 1 is 1.27 bits per heavy atom. The third-order valence-electron chi connectivity index (χ3n) is 2.11. The molecule has 3 nitrogen and oxygen atoms in total. The van der Waals surface area contributed by atoms with Crippen LogP contribution in [-0.4, -0.2) is 37.3 Å². The van der Waals surface area contributed by atoms with Gasteiger partial charge in [0.2, 0.25) is 0 Å². The van der Waals surface area contributed by atoms with Crippen LogP contribution >= 0.6 is 34.7 Å². The standard InChI is InChI=1S/C8H10ClNO2S3/c9-7-1-2-8(14-7)15(11,12)10-3-5-13-6-4-10/h1-2H,3-6H2. The van der Waals surface area contributed by atoms with Crippen LogP contribution < -0.4 is 0 Å². The number of halogens is 1. The van der Waals surface area contributed by atoms with Crippen LogP contribution in [0.2, 0.25) is 4.34 Å². The maximum atomic E-state index is 12.1. The van der Waals surface area contributed by atoms with Crippen LogP contribution in [0.1, 0.15) is 0 Å². The summed E-state index contributed by atoms with van der Waals surface area (Å²) in [6, 6.07) is 3.20. The molecule has 0 atom stereocenters. The smallest absolute Gasteiger partial charge is 0.206 e. The Bertz CT molecular complexity index is 436. The Morgan fingerprint density at radius 2 is 1.93 bits per heavy atom. The zero-order chi connectivity index (χ0) is 10.9. The van der Waals surface area contributed by atoms with Crippen LogP contribution in [0.4, 0.5) is 0 Å². The second kappa shape index (κ2) is 4.63. The Morgan fingerprint density at radius 3 is 2.47 bits per heavy atom. The average molecular weight is 284 g/mol. The number of thioether (sulfide) groups is 1. The Hall–Kier alpha value is 0.250. The van der Waals surface area contributed by atoms with Gasteiger partial charge in [-0.3, -0.25) is 0 Å². The first kappa shape index (κ1) is 11.7. The lowest BCUT2D eigenvalue weighted by Gasteiger charge is -2.24. The van der Waals surface area contributed by atoms with Crippen molar-refractivity contribution in [2.45, 2.75) is 4.21 Å². The zero-order valence-corrected chi connectivity index (χ0v) is 11.1. The van der Waals surface area contributed by atoms with Gasteiger partial charge >= 0.3 is 0 Å². The van der Waals surface area contributed by atoms with Gasteiger partial charge in [0.1, 0.15) is 4.21 Å². The first-order valence-electron chi connectivity index (χ1n) is 4.44. The SMILES string of the molecule is O=S(=O)(c1ccc(Cl)s1)N1CCSCC1. The van der Waals surface area contributed by atoms with Gasteiger partial charge in [-0.15, -0.1) is 11.3 Å². The molecule has 0 bridgehead atoms. The summed E-state index contributed by atoms with van der Waals surface area (Å²) in [5.74, 6) is 1.75. The van der Waals surface area contributed by atoms with E-state index >= 15 is 0 Å². The minimum absolute atomic E-state index is 0.347. The molecule has 1 saturated heterocycles. The second-order valence-corrected chi connectivity index (χ2v) is 8.18. The molecule has 1 aromatic rings. The Balaban J connectivity index is 2.26. The number of nitrogens with zero attached hydrogens (tertiary/aromatic N) is 1. The van der Waals surface area contributed by atoms with E-state index < -0.39 is 10.0 Å². The lowest BCUT2D eigenvalue weighted by atomic mass is 10.6. The van der Waals surface area contributed by atoms with Gasteiger partial charge < -0.3 is 0 Å². The molecular weight excluding hydrogens is 274 g/mol. The second-order valence-electron chi connectivity index (χ2n) is 3.08. The van der Waals surface area contributed by atoms with Gasteiger partial charge in [-0.25, -0.2) is 8.42 Å². The molecule has 15 heavy (non-hydrogen) atoms. The number of thiophene rings is 1. The van der Waals surface area contributed by atoms with E-state index in [4.69, 9.17) is 11.6 Å². The number of rotatable bonds is 2. The van der Waals surface area contributed by atoms with Crippen molar-refractivity contribution in [2.75, 3.05) is 24.6 Å². The summed E-state index contributed by atoms with van der Waals surface area (Å²) in [6.45, 7) is 1.20. The van der Waals surface area contributed by atoms with Gasteiger partial charge in [0.25, 0.3) is 10.0 Å². The predicted molar refractivity (Wildman–Crippen MR) is 65.4 cm³/mol. The molecule has 0 radical (unpaired) electrons. The molecule has 1 fully saturated rings. The normalized spacial score (nSPS) is 19.3. The molecule has 0 spiro atoms. The summed E-state index contributed by atoms with van der Waals surface area (Å²) < 4.78 is 26.5. The van der Waals surface area contributed by atoms with E-state index in [1.165, 1.54) is 4.31 Å². The highest BCUT2D eigenvalue weighted by Gasteiger charge is 2.27. The van der Waals surface area contributed by atoms with E-state index in [2.05, 4.69) is 0 Å². The van der Waals surface area contributed by atoms with Crippen molar-refractivity contribution >= 4 is 44.7 Å². The highest BCUT2D eigenvalue weighted by Crippen LogP contribution is 2.29. The van der Waals surface area contributed by atoms with E-state index in [0.717, 1.165) is 22.8 Å². The maximum absolute atomic E-state index is 12.1. The molecule has 0 aromatic carbocycles. The van der Waals surface area contributed by atoms with Gasteiger partial charge in [0.05, 0.1) is 4.34 Å². The molecule has 0 saturated carbocycles. The molecule has 84 valence electrons. The molecule has 0 aliphatic carbocycles. The van der Waals surface area contributed by atoms with Gasteiger partial charge in [-0.1, -0.05) is 11.6 Å². The van der Waals surface area contributed by atoms with E-state index in [9.17, 15) is 8.42 Å². The van der Waals surface area contributed by atoms with Crippen molar-refractivity contribution < 1.29 is 8.42 Å². The van der Waals surface area contributed by atoms with Crippen LogP contribution in [0.25, 0.3) is 0 Å². The molecule has 1 aromatic heterocycles. The minimum Gasteiger partial charge on any atom is -0.206 e. The first-order valence-corrected chi connectivity index (χ1v) is 8.23. The number of sulfonamides is 1. The van der Waals surface area contributed by atoms with Gasteiger partial charge in [0, 0.05) is 24.6 Å². The first-order chi connectivity index (χ1) is 7.10. The predicted octanol–water partition coefficient (Wildman–Crippen LogP) is 2.14. The minimum atomic E-state index is -3.29. The summed E-state index contributed by atoms with van der Waals surface area (Å²) in [6.07, 6.45) is 0. The fourth-order valence-corrected chi connectivity index (χ4v) is 5.56. The van der Waals surface area contributed by atoms with Crippen molar-refractivity contribution in [3.63, 3.8) is 0 Å². The monoisotopic (exact) mass is 283 g/mol. The fourth-order valence-electron chi connectivity index (χ4n) is 1.35. The highest BCUT2D eigenvalue weighted by atomic mass is 35.5. The van der Waals surface area contributed by atoms with Gasteiger partial charge in [-0.05, 0) is 12.1 Å². The van der Waals surface area contributed by atoms with Crippen LogP contribution in [0.3, 0.4) is 0 Å². The van der Waals surface area contributed by atoms with Crippen molar-refractivity contribution in [2.24, 2.45) is 0 Å². The molecule has 1 aliphatic rings. The van der Waals surface area contributed by atoms with E-state index in [1.54, 1.807) is 23.9 Å². The summed E-state index contributed by atoms with van der Waals surface area (Å²) in [5, 5.41) is 0. The largest absolute Gasteiger partial charge is 0.252 e. The third kappa shape index (κ3) is 2.50. The lowest BCUT2D eigenvalue weighted by Crippen LogP contribution is -2.37. The fraction of sp³-hybridized carbons (Fsp3) is 0.500. The van der Waals surface area contributed by atoms with Crippen LogP contribution in [0.15, 0.2) is 16.3 Å². The Labute approximate surface area is 102 Å². The molecular formula is C8H10ClNO2S3. The molecule has 0 unspecified atom stereocenters. The van der Waals surface area contributed by atoms with Crippen LogP contribution in [0, 0.1) is 0 Å². The van der Waals surface area contributed by atoms with E-state index in [-0.39, 0.29) is 0 Å². The third-order valence-corrected chi connectivity index (χ3v) is 6.65. The quantitative estimate of drug-likeness (QED) is 0.834. The topological polar surface area (TPSA) is 37.4 Å². The molecule has 0 N–H and O–H groups in total. The summed E-state index contributed by atoms with van der Waals surface area (Å²) in [5.41, 5.74) is 0. The average Bonchev–Trinajstić information content (AvgIpc) is 2.67. The van der Waals surface area contributed by atoms with Gasteiger partial charge in [-0.2, -0.15) is 16.1 Å². The highest BCUT2D eigenvalue weighted by molar-refractivity contribution is 7.99. The van der Waals surface area contributed by atoms with Crippen LogP contribution in [-0.2, 0) is 10.0 Å². The molecule has 1 aliphatic heterocycles. The molecule has 7 heteroatoms. The molecule has 0 amide bonds. The molecule has 2 heterocycles. The van der Waals surface area contributed by atoms with Crippen LogP contribution in [0.5, 0.6) is 0 Å². The number of hydrogen-bond donors (Lipinski definition) is 0. The van der Waals surface area contributed by atoms with Crippen molar-refractivity contribution in [1.82, 2.24) is 4.31 Å². The van der Waals surface area contributed by atoms with Crippen molar-refractivity contribution in [1.29, 1.82) is 0 Å². The zero-order valence-electron chi connectivity index (χ0n) is 7.85. The summed E-state index contributed by atoms with van der Waals surface area (Å²) in [7, 11) is -3.29. The van der Waals surface area contributed by atoms with Gasteiger partial charge in [0.15, 0.2) is 0 Å². The molecule has 2 rings (SSSR count). The van der Waals surface area contributed by atoms with Crippen molar-refractivity contribution in [3.8, 4) is 0 Å². The number of hydrogen-bond acceptors (Lipinski definition) is 4. The Kier molecular flexibility index (Phi) is 3.62.